The van der Waals surface area contributed by atoms with E-state index >= 15 is 0 Å². The van der Waals surface area contributed by atoms with Crippen LogP contribution in [0.3, 0.4) is 0 Å². The van der Waals surface area contributed by atoms with Gasteiger partial charge in [0.25, 0.3) is 0 Å². The highest BCUT2D eigenvalue weighted by Crippen LogP contribution is 2.42. The maximum atomic E-state index is 6.24. The molecule has 0 atom stereocenters. The molecule has 0 spiro atoms. The van der Waals surface area contributed by atoms with Gasteiger partial charge >= 0.3 is 0 Å². The summed E-state index contributed by atoms with van der Waals surface area (Å²) >= 11 is 1.70. The van der Waals surface area contributed by atoms with Gasteiger partial charge in [0.15, 0.2) is 0 Å². The number of hydrogen-bond acceptors (Lipinski definition) is 3. The number of anilines is 1. The van der Waals surface area contributed by atoms with Crippen LogP contribution in [0.2, 0.25) is 0 Å². The fraction of sp³-hybridized carbons (Fsp3) is 0. The molecule has 3 heteroatoms. The molecule has 0 unspecified atom stereocenters. The van der Waals surface area contributed by atoms with Gasteiger partial charge in [-0.05, 0) is 23.3 Å². The first-order valence-electron chi connectivity index (χ1n) is 9.20. The molecule has 0 fully saturated rings. The average molecular weight is 379 g/mol. The van der Waals surface area contributed by atoms with Crippen LogP contribution in [0.15, 0.2) is 97.1 Å². The number of nitrogens with two attached hydrogens (primary N) is 1. The molecule has 0 aliphatic heterocycles. The molecule has 1 heterocycles. The third-order valence-electron chi connectivity index (χ3n) is 4.90. The third-order valence-corrected chi connectivity index (χ3v) is 6.03. The van der Waals surface area contributed by atoms with Crippen molar-refractivity contribution in [3.63, 3.8) is 0 Å². The number of thiazole rings is 1. The predicted octanol–water partition coefficient (Wildman–Crippen LogP) is 6.88. The Hall–Kier alpha value is -3.43. The molecule has 0 aliphatic carbocycles. The largest absolute Gasteiger partial charge is 0.398 e. The lowest BCUT2D eigenvalue weighted by Crippen LogP contribution is -1.88. The second-order valence-corrected chi connectivity index (χ2v) is 7.68. The summed E-state index contributed by atoms with van der Waals surface area (Å²) in [5, 5.41) is 0.952. The summed E-state index contributed by atoms with van der Waals surface area (Å²) in [6.07, 6.45) is 0. The zero-order chi connectivity index (χ0) is 18.9. The molecule has 0 saturated heterocycles. The van der Waals surface area contributed by atoms with Crippen molar-refractivity contribution < 1.29 is 0 Å². The second kappa shape index (κ2) is 6.95. The Morgan fingerprint density at radius 2 is 1.14 bits per heavy atom. The molecule has 0 aliphatic rings. The van der Waals surface area contributed by atoms with Crippen molar-refractivity contribution in [2.24, 2.45) is 0 Å². The van der Waals surface area contributed by atoms with Gasteiger partial charge in [0.1, 0.15) is 5.01 Å². The number of nitrogen functional groups attached to an aromatic ring is 1. The van der Waals surface area contributed by atoms with Gasteiger partial charge in [0.05, 0.1) is 10.2 Å². The van der Waals surface area contributed by atoms with Crippen molar-refractivity contribution in [2.75, 3.05) is 5.73 Å². The number of nitrogens with zero attached hydrogens (tertiary/aromatic N) is 1. The van der Waals surface area contributed by atoms with E-state index in [2.05, 4.69) is 60.7 Å². The van der Waals surface area contributed by atoms with E-state index in [1.807, 2.05) is 36.4 Å². The Morgan fingerprint density at radius 3 is 1.82 bits per heavy atom. The summed E-state index contributed by atoms with van der Waals surface area (Å²) in [4.78, 5) is 5.04. The summed E-state index contributed by atoms with van der Waals surface area (Å²) in [6, 6.07) is 33.2. The minimum absolute atomic E-state index is 0.754. The molecule has 28 heavy (non-hydrogen) atoms. The minimum atomic E-state index is 0.754. The van der Waals surface area contributed by atoms with E-state index in [1.165, 1.54) is 21.4 Å². The van der Waals surface area contributed by atoms with E-state index in [0.717, 1.165) is 27.3 Å². The molecule has 2 nitrogen and oxygen atoms in total. The maximum Gasteiger partial charge on any atom is 0.126 e. The molecule has 2 N–H and O–H groups in total. The predicted molar refractivity (Wildman–Crippen MR) is 120 cm³/mol. The highest BCUT2D eigenvalue weighted by atomic mass is 32.1. The van der Waals surface area contributed by atoms with E-state index in [-0.39, 0.29) is 0 Å². The van der Waals surface area contributed by atoms with Crippen LogP contribution in [-0.2, 0) is 0 Å². The molecule has 0 saturated carbocycles. The van der Waals surface area contributed by atoms with Gasteiger partial charge in [-0.1, -0.05) is 84.9 Å². The molecule has 0 bridgehead atoms. The fourth-order valence-electron chi connectivity index (χ4n) is 3.51. The molecule has 5 rings (SSSR count). The van der Waals surface area contributed by atoms with Gasteiger partial charge in [0.2, 0.25) is 0 Å². The van der Waals surface area contributed by atoms with Crippen LogP contribution in [0.4, 0.5) is 5.69 Å². The van der Waals surface area contributed by atoms with Crippen LogP contribution < -0.4 is 5.73 Å². The molecule has 5 aromatic rings. The van der Waals surface area contributed by atoms with Gasteiger partial charge in [-0.15, -0.1) is 11.3 Å². The van der Waals surface area contributed by atoms with Crippen LogP contribution in [0.5, 0.6) is 0 Å². The van der Waals surface area contributed by atoms with Crippen LogP contribution in [0.25, 0.3) is 43.0 Å². The maximum absolute atomic E-state index is 6.24. The van der Waals surface area contributed by atoms with E-state index in [9.17, 15) is 0 Å². The molecule has 134 valence electrons. The normalized spacial score (nSPS) is 11.0. The third kappa shape index (κ3) is 2.86. The first-order valence-corrected chi connectivity index (χ1v) is 10.0. The summed E-state index contributed by atoms with van der Waals surface area (Å²) < 4.78 is 1.19. The Labute approximate surface area is 167 Å². The highest BCUT2D eigenvalue weighted by molar-refractivity contribution is 7.22. The topological polar surface area (TPSA) is 38.9 Å². The first-order chi connectivity index (χ1) is 13.8. The highest BCUT2D eigenvalue weighted by Gasteiger charge is 2.16. The van der Waals surface area contributed by atoms with Crippen molar-refractivity contribution in [3.8, 4) is 32.8 Å². The second-order valence-electron chi connectivity index (χ2n) is 6.68. The summed E-state index contributed by atoms with van der Waals surface area (Å²) in [5.41, 5.74) is 13.7. The lowest BCUT2D eigenvalue weighted by atomic mass is 9.99. The summed E-state index contributed by atoms with van der Waals surface area (Å²) in [6.45, 7) is 0. The minimum Gasteiger partial charge on any atom is -0.398 e. The number of fused-ring (bicyclic) bond motifs is 1. The van der Waals surface area contributed by atoms with E-state index in [1.54, 1.807) is 11.3 Å². The van der Waals surface area contributed by atoms with Gasteiger partial charge in [-0.3, -0.25) is 0 Å². The molecule has 0 amide bonds. The number of rotatable bonds is 3. The number of benzene rings is 4. The van der Waals surface area contributed by atoms with E-state index in [4.69, 9.17) is 10.7 Å². The first kappa shape index (κ1) is 16.7. The number of para-hydroxylation sites is 1. The van der Waals surface area contributed by atoms with Crippen molar-refractivity contribution in [1.29, 1.82) is 0 Å². The Morgan fingerprint density at radius 1 is 0.571 bits per heavy atom. The lowest BCUT2D eigenvalue weighted by Gasteiger charge is -2.07. The van der Waals surface area contributed by atoms with E-state index in [0.29, 0.717) is 0 Å². The summed E-state index contributed by atoms with van der Waals surface area (Å²) in [5.74, 6) is 0. The van der Waals surface area contributed by atoms with Crippen molar-refractivity contribution in [1.82, 2.24) is 4.98 Å². The standard InChI is InChI=1S/C25H18N2S/c26-22-14-8-7-13-21(22)25-27-23-19(17-9-3-1-4-10-17)15-16-20(24(23)28-25)18-11-5-2-6-12-18/h1-16H,26H2. The molecule has 1 aromatic heterocycles. The summed E-state index contributed by atoms with van der Waals surface area (Å²) in [7, 11) is 0. The Balaban J connectivity index is 1.81. The van der Waals surface area contributed by atoms with Gasteiger partial charge in [0, 0.05) is 22.4 Å². The SMILES string of the molecule is Nc1ccccc1-c1nc2c(-c3ccccc3)ccc(-c3ccccc3)c2s1. The number of hydrogen-bond donors (Lipinski definition) is 1. The van der Waals surface area contributed by atoms with Crippen LogP contribution in [0.1, 0.15) is 0 Å². The zero-order valence-corrected chi connectivity index (χ0v) is 16.0. The molecule has 4 aromatic carbocycles. The van der Waals surface area contributed by atoms with Crippen LogP contribution in [-0.4, -0.2) is 4.98 Å². The molecular formula is C25H18N2S. The van der Waals surface area contributed by atoms with Crippen molar-refractivity contribution in [3.05, 3.63) is 97.1 Å². The van der Waals surface area contributed by atoms with Gasteiger partial charge in [-0.25, -0.2) is 4.98 Å². The van der Waals surface area contributed by atoms with Crippen molar-refractivity contribution in [2.45, 2.75) is 0 Å². The average Bonchev–Trinajstić information content (AvgIpc) is 3.20. The van der Waals surface area contributed by atoms with Gasteiger partial charge in [-0.2, -0.15) is 0 Å². The fourth-order valence-corrected chi connectivity index (χ4v) is 4.68. The van der Waals surface area contributed by atoms with Gasteiger partial charge < -0.3 is 5.73 Å². The smallest absolute Gasteiger partial charge is 0.126 e. The number of aromatic nitrogens is 1. The van der Waals surface area contributed by atoms with Crippen LogP contribution in [0, 0.1) is 0 Å². The lowest BCUT2D eigenvalue weighted by molar-refractivity contribution is 1.47. The quantitative estimate of drug-likeness (QED) is 0.348. The molecular weight excluding hydrogens is 360 g/mol. The monoisotopic (exact) mass is 378 g/mol. The van der Waals surface area contributed by atoms with Crippen molar-refractivity contribution >= 4 is 27.2 Å². The van der Waals surface area contributed by atoms with E-state index < -0.39 is 0 Å². The molecule has 0 radical (unpaired) electrons. The Bertz CT molecular complexity index is 1180. The van der Waals surface area contributed by atoms with Crippen LogP contribution >= 0.6 is 11.3 Å². The zero-order valence-electron chi connectivity index (χ0n) is 15.2. The Kier molecular flexibility index (Phi) is 4.15.